The summed E-state index contributed by atoms with van der Waals surface area (Å²) in [5, 5.41) is 10.2. The fraction of sp³-hybridized carbons (Fsp3) is 0.800. The van der Waals surface area contributed by atoms with Crippen molar-refractivity contribution in [1.29, 1.82) is 0 Å². The lowest BCUT2D eigenvalue weighted by molar-refractivity contribution is 0.299. The summed E-state index contributed by atoms with van der Waals surface area (Å²) in [4.78, 5) is 10.9. The van der Waals surface area contributed by atoms with E-state index in [-0.39, 0.29) is 28.7 Å². The van der Waals surface area contributed by atoms with E-state index in [2.05, 4.69) is 30.4 Å². The molecule has 1 fully saturated rings. The number of aromatic nitrogens is 3. The topological polar surface area (TPSA) is 86.3 Å². The maximum atomic E-state index is 12.1. The Balaban J connectivity index is 0.00000288. The molecule has 1 unspecified atom stereocenters. The van der Waals surface area contributed by atoms with Crippen molar-refractivity contribution in [3.8, 4) is 0 Å². The first-order valence-corrected chi connectivity index (χ1v) is 9.43. The first-order chi connectivity index (χ1) is 10.9. The van der Waals surface area contributed by atoms with Gasteiger partial charge in [-0.2, -0.15) is 5.10 Å². The van der Waals surface area contributed by atoms with Gasteiger partial charge in [0, 0.05) is 53.9 Å². The standard InChI is InChI=1S/C15H28N6OS.HI/c1-15(2,3)23(22)10-7-17-14(16-4)21-8-5-12(6-9-21)13-18-11-19-20-13;/h11-12H,5-10H2,1-4H3,(H,16,17)(H,18,19,20);1H. The molecule has 1 aromatic heterocycles. The molecule has 7 nitrogen and oxygen atoms in total. The monoisotopic (exact) mass is 468 g/mol. The van der Waals surface area contributed by atoms with Gasteiger partial charge in [0.05, 0.1) is 0 Å². The lowest BCUT2D eigenvalue weighted by Crippen LogP contribution is -2.46. The first-order valence-electron chi connectivity index (χ1n) is 8.11. The van der Waals surface area contributed by atoms with E-state index in [1.54, 1.807) is 13.4 Å². The molecule has 1 saturated heterocycles. The van der Waals surface area contributed by atoms with Gasteiger partial charge in [0.25, 0.3) is 0 Å². The van der Waals surface area contributed by atoms with Crippen molar-refractivity contribution < 1.29 is 4.21 Å². The number of halogens is 1. The molecule has 1 atom stereocenters. The molecule has 0 saturated carbocycles. The second-order valence-corrected chi connectivity index (χ2v) is 9.09. The molecule has 0 radical (unpaired) electrons. The van der Waals surface area contributed by atoms with Gasteiger partial charge in [0.1, 0.15) is 12.2 Å². The highest BCUT2D eigenvalue weighted by Gasteiger charge is 2.24. The van der Waals surface area contributed by atoms with Crippen molar-refractivity contribution >= 4 is 40.7 Å². The Bertz CT molecular complexity index is 535. The highest BCUT2D eigenvalue weighted by Crippen LogP contribution is 2.24. The van der Waals surface area contributed by atoms with Crippen LogP contribution in [0.3, 0.4) is 0 Å². The second-order valence-electron chi connectivity index (χ2n) is 6.77. The van der Waals surface area contributed by atoms with E-state index in [0.29, 0.717) is 18.2 Å². The summed E-state index contributed by atoms with van der Waals surface area (Å²) in [5.41, 5.74) is 0. The molecule has 0 spiro atoms. The van der Waals surface area contributed by atoms with Gasteiger partial charge in [0.15, 0.2) is 5.96 Å². The Hall–Kier alpha value is -0.710. The van der Waals surface area contributed by atoms with E-state index in [4.69, 9.17) is 0 Å². The van der Waals surface area contributed by atoms with Crippen molar-refractivity contribution in [2.75, 3.05) is 32.4 Å². The zero-order chi connectivity index (χ0) is 16.9. The van der Waals surface area contributed by atoms with Crippen LogP contribution >= 0.6 is 24.0 Å². The number of likely N-dealkylation sites (tertiary alicyclic amines) is 1. The van der Waals surface area contributed by atoms with Gasteiger partial charge in [0.2, 0.25) is 0 Å². The average molecular weight is 468 g/mol. The summed E-state index contributed by atoms with van der Waals surface area (Å²) in [7, 11) is 0.955. The van der Waals surface area contributed by atoms with Crippen LogP contribution < -0.4 is 5.32 Å². The van der Waals surface area contributed by atoms with Crippen LogP contribution in [0.5, 0.6) is 0 Å². The minimum absolute atomic E-state index is 0. The SMILES string of the molecule is CN=C(NCCS(=O)C(C)(C)C)N1CCC(c2ncn[nH]2)CC1.I. The fourth-order valence-electron chi connectivity index (χ4n) is 2.67. The van der Waals surface area contributed by atoms with Crippen molar-refractivity contribution in [1.82, 2.24) is 25.4 Å². The van der Waals surface area contributed by atoms with Crippen LogP contribution in [-0.2, 0) is 10.8 Å². The summed E-state index contributed by atoms with van der Waals surface area (Å²) in [5.74, 6) is 2.96. The van der Waals surface area contributed by atoms with Crippen LogP contribution in [0.4, 0.5) is 0 Å². The molecular weight excluding hydrogens is 439 g/mol. The molecule has 9 heteroatoms. The molecule has 2 N–H and O–H groups in total. The summed E-state index contributed by atoms with van der Waals surface area (Å²) in [6.45, 7) is 8.57. The van der Waals surface area contributed by atoms with Crippen LogP contribution in [0.25, 0.3) is 0 Å². The molecule has 24 heavy (non-hydrogen) atoms. The predicted molar refractivity (Wildman–Crippen MR) is 109 cm³/mol. The lowest BCUT2D eigenvalue weighted by atomic mass is 9.96. The van der Waals surface area contributed by atoms with E-state index in [1.165, 1.54) is 0 Å². The Morgan fingerprint density at radius 3 is 2.62 bits per heavy atom. The molecule has 1 aromatic rings. The van der Waals surface area contributed by atoms with E-state index >= 15 is 0 Å². The van der Waals surface area contributed by atoms with Crippen LogP contribution in [-0.4, -0.2) is 67.4 Å². The van der Waals surface area contributed by atoms with E-state index in [0.717, 1.165) is 37.7 Å². The number of aliphatic imine (C=N–C) groups is 1. The van der Waals surface area contributed by atoms with Gasteiger partial charge in [-0.25, -0.2) is 4.98 Å². The minimum Gasteiger partial charge on any atom is -0.355 e. The van der Waals surface area contributed by atoms with Crippen LogP contribution in [0.2, 0.25) is 0 Å². The molecule has 1 aliphatic heterocycles. The normalized spacial score (nSPS) is 18.2. The van der Waals surface area contributed by atoms with Gasteiger partial charge in [-0.15, -0.1) is 24.0 Å². The van der Waals surface area contributed by atoms with Gasteiger partial charge < -0.3 is 10.2 Å². The maximum Gasteiger partial charge on any atom is 0.193 e. The average Bonchev–Trinajstić information content (AvgIpc) is 3.05. The van der Waals surface area contributed by atoms with E-state index in [1.807, 2.05) is 20.8 Å². The molecule has 0 aromatic carbocycles. The van der Waals surface area contributed by atoms with Crippen molar-refractivity contribution in [2.45, 2.75) is 44.3 Å². The Kier molecular flexibility index (Phi) is 8.61. The third-order valence-electron chi connectivity index (χ3n) is 4.08. The van der Waals surface area contributed by atoms with Crippen LogP contribution in [0.15, 0.2) is 11.3 Å². The van der Waals surface area contributed by atoms with E-state index in [9.17, 15) is 4.21 Å². The van der Waals surface area contributed by atoms with Crippen molar-refractivity contribution in [3.05, 3.63) is 12.2 Å². The number of rotatable bonds is 4. The molecule has 2 heterocycles. The summed E-state index contributed by atoms with van der Waals surface area (Å²) >= 11 is 0. The van der Waals surface area contributed by atoms with Gasteiger partial charge in [-0.05, 0) is 33.6 Å². The third kappa shape index (κ3) is 5.98. The summed E-state index contributed by atoms with van der Waals surface area (Å²) < 4.78 is 11.9. The zero-order valence-electron chi connectivity index (χ0n) is 14.9. The molecule has 1 aliphatic rings. The van der Waals surface area contributed by atoms with Gasteiger partial charge in [-0.1, -0.05) is 0 Å². The van der Waals surface area contributed by atoms with Crippen LogP contribution in [0, 0.1) is 0 Å². The largest absolute Gasteiger partial charge is 0.355 e. The quantitative estimate of drug-likeness (QED) is 0.400. The van der Waals surface area contributed by atoms with E-state index < -0.39 is 10.8 Å². The van der Waals surface area contributed by atoms with Gasteiger partial charge >= 0.3 is 0 Å². The molecule has 138 valence electrons. The highest BCUT2D eigenvalue weighted by molar-refractivity contribution is 14.0. The number of H-pyrrole nitrogens is 1. The smallest absolute Gasteiger partial charge is 0.193 e. The Labute approximate surface area is 164 Å². The first kappa shape index (κ1) is 21.3. The predicted octanol–water partition coefficient (Wildman–Crippen LogP) is 1.72. The highest BCUT2D eigenvalue weighted by atomic mass is 127. The Morgan fingerprint density at radius 1 is 1.46 bits per heavy atom. The number of hydrogen-bond donors (Lipinski definition) is 2. The lowest BCUT2D eigenvalue weighted by Gasteiger charge is -2.33. The van der Waals surface area contributed by atoms with Crippen molar-refractivity contribution in [3.63, 3.8) is 0 Å². The molecule has 0 amide bonds. The van der Waals surface area contributed by atoms with Gasteiger partial charge in [-0.3, -0.25) is 14.3 Å². The number of hydrogen-bond acceptors (Lipinski definition) is 4. The maximum absolute atomic E-state index is 12.1. The fourth-order valence-corrected chi connectivity index (χ4v) is 3.57. The summed E-state index contributed by atoms with van der Waals surface area (Å²) in [6, 6.07) is 0. The number of aromatic amines is 1. The second kappa shape index (κ2) is 9.69. The number of nitrogens with one attached hydrogen (secondary N) is 2. The van der Waals surface area contributed by atoms with Crippen LogP contribution in [0.1, 0.15) is 45.4 Å². The Morgan fingerprint density at radius 2 is 2.12 bits per heavy atom. The molecular formula is C15H29IN6OS. The molecule has 0 aliphatic carbocycles. The summed E-state index contributed by atoms with van der Waals surface area (Å²) in [6.07, 6.45) is 3.63. The minimum atomic E-state index is -0.842. The molecule has 0 bridgehead atoms. The number of piperidine rings is 1. The zero-order valence-corrected chi connectivity index (χ0v) is 18.1. The third-order valence-corrected chi connectivity index (χ3v) is 6.02. The molecule has 2 rings (SSSR count). The number of nitrogens with zero attached hydrogens (tertiary/aromatic N) is 4. The van der Waals surface area contributed by atoms with Crippen molar-refractivity contribution in [2.24, 2.45) is 4.99 Å². The number of guanidine groups is 1.